The van der Waals surface area contributed by atoms with Crippen LogP contribution in [0.3, 0.4) is 0 Å². The van der Waals surface area contributed by atoms with E-state index in [-0.39, 0.29) is 11.8 Å². The van der Waals surface area contributed by atoms with Crippen molar-refractivity contribution >= 4 is 22.9 Å². The first-order valence-corrected chi connectivity index (χ1v) is 8.38. The first-order valence-electron chi connectivity index (χ1n) is 7.50. The van der Waals surface area contributed by atoms with E-state index in [0.717, 1.165) is 5.69 Å². The summed E-state index contributed by atoms with van der Waals surface area (Å²) in [4.78, 5) is 19.7. The summed E-state index contributed by atoms with van der Waals surface area (Å²) in [6.45, 7) is 0.598. The van der Waals surface area contributed by atoms with Crippen LogP contribution in [0.2, 0.25) is 0 Å². The van der Waals surface area contributed by atoms with Crippen molar-refractivity contribution in [2.24, 2.45) is 0 Å². The van der Waals surface area contributed by atoms with Gasteiger partial charge in [-0.2, -0.15) is 4.98 Å². The number of aromatic nitrogens is 2. The maximum atomic E-state index is 12.3. The van der Waals surface area contributed by atoms with E-state index < -0.39 is 0 Å². The van der Waals surface area contributed by atoms with Gasteiger partial charge in [0, 0.05) is 29.4 Å². The summed E-state index contributed by atoms with van der Waals surface area (Å²) in [5.41, 5.74) is 0.919. The normalized spacial score (nSPS) is 17.8. The van der Waals surface area contributed by atoms with Crippen LogP contribution in [0, 0.1) is 0 Å². The molecule has 1 aliphatic rings. The summed E-state index contributed by atoms with van der Waals surface area (Å²) < 4.78 is 5.34. The Hall–Kier alpha value is -2.47. The molecule has 3 heterocycles. The molecular formula is C17H15N3O2S. The maximum absolute atomic E-state index is 12.3. The smallest absolute Gasteiger partial charge is 0.231 e. The van der Waals surface area contributed by atoms with Crippen LogP contribution in [0.25, 0.3) is 0 Å². The van der Waals surface area contributed by atoms with Crippen LogP contribution >= 0.6 is 11.3 Å². The minimum atomic E-state index is -0.0106. The molecular weight excluding hydrogens is 310 g/mol. The van der Waals surface area contributed by atoms with Gasteiger partial charge in [0.05, 0.1) is 6.42 Å². The van der Waals surface area contributed by atoms with Crippen LogP contribution in [0.4, 0.5) is 5.69 Å². The lowest BCUT2D eigenvalue weighted by molar-refractivity contribution is -0.117. The van der Waals surface area contributed by atoms with Crippen LogP contribution in [0.5, 0.6) is 0 Å². The van der Waals surface area contributed by atoms with Gasteiger partial charge in [-0.1, -0.05) is 29.4 Å². The van der Waals surface area contributed by atoms with E-state index in [0.29, 0.717) is 31.1 Å². The number of carbonyl (C=O) groups is 1. The lowest BCUT2D eigenvalue weighted by Crippen LogP contribution is -2.24. The number of hydrogen-bond donors (Lipinski definition) is 0. The minimum absolute atomic E-state index is 0.0106. The van der Waals surface area contributed by atoms with Crippen LogP contribution < -0.4 is 4.90 Å². The molecule has 0 spiro atoms. The third kappa shape index (κ3) is 2.90. The molecule has 6 heteroatoms. The number of carbonyl (C=O) groups excluding carboxylic acids is 1. The average Bonchev–Trinajstić information content (AvgIpc) is 3.30. The van der Waals surface area contributed by atoms with E-state index in [4.69, 9.17) is 4.52 Å². The summed E-state index contributed by atoms with van der Waals surface area (Å²) in [5, 5.41) is 6.11. The third-order valence-electron chi connectivity index (χ3n) is 3.95. The summed E-state index contributed by atoms with van der Waals surface area (Å²) in [6.07, 6.45) is 1.07. The standard InChI is InChI=1S/C17H15N3O2S/c21-16-9-12(11-20(16)13-5-2-1-3-6-13)17-18-15(22-19-17)10-14-7-4-8-23-14/h1-8,12H,9-11H2/t12-/m1/s1. The molecule has 0 bridgehead atoms. The number of anilines is 1. The monoisotopic (exact) mass is 325 g/mol. The fraction of sp³-hybridized carbons (Fsp3) is 0.235. The number of benzene rings is 1. The molecule has 1 saturated heterocycles. The summed E-state index contributed by atoms with van der Waals surface area (Å²) >= 11 is 1.67. The predicted octanol–water partition coefficient (Wildman–Crippen LogP) is 3.24. The summed E-state index contributed by atoms with van der Waals surface area (Å²) in [7, 11) is 0. The van der Waals surface area contributed by atoms with Crippen molar-refractivity contribution in [2.75, 3.05) is 11.4 Å². The van der Waals surface area contributed by atoms with Gasteiger partial charge >= 0.3 is 0 Å². The van der Waals surface area contributed by atoms with Crippen molar-refractivity contribution in [3.05, 3.63) is 64.4 Å². The van der Waals surface area contributed by atoms with Crippen molar-refractivity contribution in [3.63, 3.8) is 0 Å². The molecule has 0 unspecified atom stereocenters. The van der Waals surface area contributed by atoms with Crippen LogP contribution in [-0.4, -0.2) is 22.6 Å². The number of para-hydroxylation sites is 1. The topological polar surface area (TPSA) is 59.2 Å². The molecule has 0 N–H and O–H groups in total. The summed E-state index contributed by atoms with van der Waals surface area (Å²) in [6, 6.07) is 13.7. The van der Waals surface area contributed by atoms with Crippen LogP contribution in [-0.2, 0) is 11.2 Å². The Morgan fingerprint density at radius 1 is 1.22 bits per heavy atom. The van der Waals surface area contributed by atoms with Gasteiger partial charge in [-0.05, 0) is 23.6 Å². The van der Waals surface area contributed by atoms with Gasteiger partial charge in [0.2, 0.25) is 11.8 Å². The largest absolute Gasteiger partial charge is 0.339 e. The van der Waals surface area contributed by atoms with Crippen molar-refractivity contribution in [1.29, 1.82) is 0 Å². The van der Waals surface area contributed by atoms with Crippen LogP contribution in [0.1, 0.15) is 28.9 Å². The Morgan fingerprint density at radius 3 is 2.87 bits per heavy atom. The van der Waals surface area contributed by atoms with Crippen LogP contribution in [0.15, 0.2) is 52.4 Å². The summed E-state index contributed by atoms with van der Waals surface area (Å²) in [5.74, 6) is 1.32. The molecule has 2 aromatic heterocycles. The van der Waals surface area contributed by atoms with Crippen molar-refractivity contribution in [3.8, 4) is 0 Å². The second-order valence-electron chi connectivity index (χ2n) is 5.54. The molecule has 4 rings (SSSR count). The highest BCUT2D eigenvalue weighted by Gasteiger charge is 2.34. The Labute approximate surface area is 137 Å². The van der Waals surface area contributed by atoms with E-state index >= 15 is 0 Å². The minimum Gasteiger partial charge on any atom is -0.339 e. The van der Waals surface area contributed by atoms with E-state index in [1.54, 1.807) is 16.2 Å². The molecule has 1 amide bonds. The van der Waals surface area contributed by atoms with E-state index in [2.05, 4.69) is 10.1 Å². The first-order chi connectivity index (χ1) is 11.3. The fourth-order valence-corrected chi connectivity index (χ4v) is 3.50. The average molecular weight is 325 g/mol. The van der Waals surface area contributed by atoms with Gasteiger partial charge < -0.3 is 9.42 Å². The predicted molar refractivity (Wildman–Crippen MR) is 87.6 cm³/mol. The van der Waals surface area contributed by atoms with Gasteiger partial charge in [-0.3, -0.25) is 4.79 Å². The third-order valence-corrected chi connectivity index (χ3v) is 4.82. The second kappa shape index (κ2) is 5.96. The molecule has 0 aliphatic carbocycles. The number of rotatable bonds is 4. The molecule has 0 saturated carbocycles. The Balaban J connectivity index is 1.49. The second-order valence-corrected chi connectivity index (χ2v) is 6.58. The van der Waals surface area contributed by atoms with Crippen molar-refractivity contribution in [1.82, 2.24) is 10.1 Å². The first kappa shape index (κ1) is 14.1. The maximum Gasteiger partial charge on any atom is 0.231 e. The molecule has 116 valence electrons. The van der Waals surface area contributed by atoms with E-state index in [1.807, 2.05) is 47.8 Å². The molecule has 5 nitrogen and oxygen atoms in total. The molecule has 0 radical (unpaired) electrons. The molecule has 23 heavy (non-hydrogen) atoms. The lowest BCUT2D eigenvalue weighted by Gasteiger charge is -2.15. The highest BCUT2D eigenvalue weighted by atomic mass is 32.1. The Morgan fingerprint density at radius 2 is 2.09 bits per heavy atom. The highest BCUT2D eigenvalue weighted by molar-refractivity contribution is 7.09. The quantitative estimate of drug-likeness (QED) is 0.739. The van der Waals surface area contributed by atoms with Crippen molar-refractivity contribution in [2.45, 2.75) is 18.8 Å². The van der Waals surface area contributed by atoms with Gasteiger partial charge in [0.1, 0.15) is 0 Å². The fourth-order valence-electron chi connectivity index (χ4n) is 2.81. The van der Waals surface area contributed by atoms with Crippen molar-refractivity contribution < 1.29 is 9.32 Å². The molecule has 1 atom stereocenters. The van der Waals surface area contributed by atoms with Gasteiger partial charge in [-0.15, -0.1) is 11.3 Å². The SMILES string of the molecule is O=C1C[C@@H](c2noc(Cc3cccs3)n2)CN1c1ccccc1. The Kier molecular flexibility index (Phi) is 3.67. The zero-order valence-corrected chi connectivity index (χ0v) is 13.2. The highest BCUT2D eigenvalue weighted by Crippen LogP contribution is 2.30. The van der Waals surface area contributed by atoms with Gasteiger partial charge in [0.25, 0.3) is 0 Å². The number of thiophene rings is 1. The molecule has 3 aromatic rings. The molecule has 1 aromatic carbocycles. The Bertz CT molecular complexity index is 798. The van der Waals surface area contributed by atoms with Gasteiger partial charge in [0.15, 0.2) is 5.82 Å². The van der Waals surface area contributed by atoms with E-state index in [1.165, 1.54) is 4.88 Å². The zero-order valence-electron chi connectivity index (χ0n) is 12.4. The van der Waals surface area contributed by atoms with Gasteiger partial charge in [-0.25, -0.2) is 0 Å². The van der Waals surface area contributed by atoms with E-state index in [9.17, 15) is 4.79 Å². The molecule has 1 aliphatic heterocycles. The molecule has 1 fully saturated rings. The lowest BCUT2D eigenvalue weighted by atomic mass is 10.1. The number of hydrogen-bond acceptors (Lipinski definition) is 5. The zero-order chi connectivity index (χ0) is 15.6. The number of nitrogens with zero attached hydrogens (tertiary/aromatic N) is 3. The number of amides is 1.